The van der Waals surface area contributed by atoms with Gasteiger partial charge < -0.3 is 4.42 Å². The van der Waals surface area contributed by atoms with Crippen molar-refractivity contribution in [1.29, 1.82) is 0 Å². The van der Waals surface area contributed by atoms with E-state index < -0.39 is 0 Å². The molecule has 0 aliphatic heterocycles. The van der Waals surface area contributed by atoms with E-state index in [1.54, 1.807) is 29.4 Å². The predicted octanol–water partition coefficient (Wildman–Crippen LogP) is 4.12. The van der Waals surface area contributed by atoms with Crippen molar-refractivity contribution in [2.45, 2.75) is 6.92 Å². The number of pyridine rings is 1. The van der Waals surface area contributed by atoms with Gasteiger partial charge in [-0.25, -0.2) is 4.98 Å². The average molecular weight is 334 g/mol. The second kappa shape index (κ2) is 6.29. The van der Waals surface area contributed by atoms with Crippen LogP contribution in [0, 0.1) is 0 Å². The Balaban J connectivity index is 1.97. The molecule has 0 saturated heterocycles. The molecule has 0 aliphatic rings. The molecule has 0 spiro atoms. The van der Waals surface area contributed by atoms with Crippen LogP contribution in [0.25, 0.3) is 10.6 Å². The van der Waals surface area contributed by atoms with Crippen LogP contribution < -0.4 is 4.90 Å². The lowest BCUT2D eigenvalue weighted by Crippen LogP contribution is -2.29. The number of halogens is 1. The van der Waals surface area contributed by atoms with Crippen LogP contribution >= 0.6 is 22.9 Å². The molecule has 0 unspecified atom stereocenters. The Morgan fingerprint density at radius 3 is 2.91 bits per heavy atom. The maximum atomic E-state index is 12.5. The fourth-order valence-electron chi connectivity index (χ4n) is 1.99. The van der Waals surface area contributed by atoms with E-state index in [0.29, 0.717) is 16.7 Å². The molecule has 3 aromatic rings. The van der Waals surface area contributed by atoms with Crippen molar-refractivity contribution in [1.82, 2.24) is 9.97 Å². The van der Waals surface area contributed by atoms with Gasteiger partial charge in [0.2, 0.25) is 0 Å². The number of rotatable bonds is 4. The molecule has 0 atom stereocenters. The molecule has 0 bridgehead atoms. The monoisotopic (exact) mass is 333 g/mol. The summed E-state index contributed by atoms with van der Waals surface area (Å²) in [6.45, 7) is 2.34. The Morgan fingerprint density at radius 1 is 1.41 bits per heavy atom. The molecule has 0 saturated carbocycles. The number of amides is 1. The summed E-state index contributed by atoms with van der Waals surface area (Å²) in [5.41, 5.74) is 0.863. The SMILES string of the molecule is CCN(C(=O)c1ccco1)c1sc(-c2cccnc2)nc1Cl. The topological polar surface area (TPSA) is 59.2 Å². The van der Waals surface area contributed by atoms with Gasteiger partial charge in [-0.2, -0.15) is 0 Å². The first-order valence-electron chi connectivity index (χ1n) is 6.62. The molecule has 0 fully saturated rings. The second-order valence-electron chi connectivity index (χ2n) is 4.38. The Kier molecular flexibility index (Phi) is 4.22. The Labute approximate surface area is 136 Å². The van der Waals surface area contributed by atoms with E-state index in [4.69, 9.17) is 16.0 Å². The third-order valence-electron chi connectivity index (χ3n) is 3.02. The van der Waals surface area contributed by atoms with Gasteiger partial charge in [0.25, 0.3) is 5.91 Å². The van der Waals surface area contributed by atoms with E-state index >= 15 is 0 Å². The molecule has 3 rings (SSSR count). The fraction of sp³-hybridized carbons (Fsp3) is 0.133. The first kappa shape index (κ1) is 14.7. The quantitative estimate of drug-likeness (QED) is 0.720. The number of hydrogen-bond donors (Lipinski definition) is 0. The second-order valence-corrected chi connectivity index (χ2v) is 5.72. The van der Waals surface area contributed by atoms with E-state index in [2.05, 4.69) is 9.97 Å². The number of carbonyl (C=O) groups excluding carboxylic acids is 1. The van der Waals surface area contributed by atoms with Gasteiger partial charge in [0.15, 0.2) is 10.9 Å². The number of nitrogens with zero attached hydrogens (tertiary/aromatic N) is 3. The Morgan fingerprint density at radius 2 is 2.27 bits per heavy atom. The number of carbonyl (C=O) groups is 1. The van der Waals surface area contributed by atoms with Gasteiger partial charge >= 0.3 is 0 Å². The van der Waals surface area contributed by atoms with Crippen molar-refractivity contribution in [3.63, 3.8) is 0 Å². The molecule has 3 aromatic heterocycles. The number of furan rings is 1. The van der Waals surface area contributed by atoms with E-state index in [9.17, 15) is 4.79 Å². The molecule has 112 valence electrons. The van der Waals surface area contributed by atoms with Gasteiger partial charge in [-0.1, -0.05) is 22.9 Å². The maximum absolute atomic E-state index is 12.5. The van der Waals surface area contributed by atoms with Crippen molar-refractivity contribution < 1.29 is 9.21 Å². The number of hydrogen-bond acceptors (Lipinski definition) is 5. The normalized spacial score (nSPS) is 10.6. The highest BCUT2D eigenvalue weighted by molar-refractivity contribution is 7.19. The lowest BCUT2D eigenvalue weighted by molar-refractivity contribution is 0.0962. The van der Waals surface area contributed by atoms with Gasteiger partial charge in [0, 0.05) is 24.5 Å². The minimum atomic E-state index is -0.240. The summed E-state index contributed by atoms with van der Waals surface area (Å²) >= 11 is 7.58. The lowest BCUT2D eigenvalue weighted by Gasteiger charge is -2.17. The van der Waals surface area contributed by atoms with Crippen LogP contribution in [0.5, 0.6) is 0 Å². The zero-order valence-corrected chi connectivity index (χ0v) is 13.3. The summed E-state index contributed by atoms with van der Waals surface area (Å²) in [6.07, 6.45) is 4.87. The first-order valence-corrected chi connectivity index (χ1v) is 7.82. The molecule has 3 heterocycles. The van der Waals surface area contributed by atoms with Crippen molar-refractivity contribution >= 4 is 33.8 Å². The summed E-state index contributed by atoms with van der Waals surface area (Å²) in [6, 6.07) is 7.03. The molecule has 0 aliphatic carbocycles. The van der Waals surface area contributed by atoms with E-state index in [1.165, 1.54) is 17.6 Å². The first-order chi connectivity index (χ1) is 10.7. The third kappa shape index (κ3) is 2.75. The number of anilines is 1. The summed E-state index contributed by atoms with van der Waals surface area (Å²) in [5, 5.41) is 1.62. The summed E-state index contributed by atoms with van der Waals surface area (Å²) in [5.74, 6) is 0.0324. The maximum Gasteiger partial charge on any atom is 0.294 e. The number of thiazole rings is 1. The van der Waals surface area contributed by atoms with Crippen LogP contribution in [0.4, 0.5) is 5.00 Å². The standard InChI is InChI=1S/C15H12ClN3O2S/c1-2-19(14(20)11-6-4-8-21-11)15-12(16)18-13(22-15)10-5-3-7-17-9-10/h3-9H,2H2,1H3. The van der Waals surface area contributed by atoms with Crippen molar-refractivity contribution in [2.24, 2.45) is 0 Å². The van der Waals surface area contributed by atoms with Crippen LogP contribution in [0.15, 0.2) is 47.3 Å². The van der Waals surface area contributed by atoms with Crippen molar-refractivity contribution in [2.75, 3.05) is 11.4 Å². The molecule has 0 N–H and O–H groups in total. The van der Waals surface area contributed by atoms with Crippen LogP contribution in [0.2, 0.25) is 5.15 Å². The molecule has 1 amide bonds. The summed E-state index contributed by atoms with van der Waals surface area (Å²) in [4.78, 5) is 22.4. The smallest absolute Gasteiger partial charge is 0.294 e. The van der Waals surface area contributed by atoms with Crippen LogP contribution in [-0.2, 0) is 0 Å². The largest absolute Gasteiger partial charge is 0.459 e. The summed E-state index contributed by atoms with van der Waals surface area (Å²) in [7, 11) is 0. The highest BCUT2D eigenvalue weighted by atomic mass is 35.5. The highest BCUT2D eigenvalue weighted by Crippen LogP contribution is 2.37. The molecular formula is C15H12ClN3O2S. The van der Waals surface area contributed by atoms with Gasteiger partial charge in [-0.3, -0.25) is 14.7 Å². The Hall–Kier alpha value is -2.18. The minimum Gasteiger partial charge on any atom is -0.459 e. The lowest BCUT2D eigenvalue weighted by atomic mass is 10.3. The van der Waals surface area contributed by atoms with E-state index in [-0.39, 0.29) is 11.7 Å². The molecule has 5 nitrogen and oxygen atoms in total. The van der Waals surface area contributed by atoms with Gasteiger partial charge in [-0.05, 0) is 31.2 Å². The number of aromatic nitrogens is 2. The molecular weight excluding hydrogens is 322 g/mol. The minimum absolute atomic E-state index is 0.240. The van der Waals surface area contributed by atoms with Crippen molar-refractivity contribution in [3.05, 3.63) is 53.8 Å². The van der Waals surface area contributed by atoms with Gasteiger partial charge in [-0.15, -0.1) is 0 Å². The van der Waals surface area contributed by atoms with E-state index in [0.717, 1.165) is 10.6 Å². The zero-order chi connectivity index (χ0) is 15.5. The highest BCUT2D eigenvalue weighted by Gasteiger charge is 2.24. The van der Waals surface area contributed by atoms with Crippen LogP contribution in [0.1, 0.15) is 17.5 Å². The fourth-order valence-corrected chi connectivity index (χ4v) is 3.35. The van der Waals surface area contributed by atoms with Crippen LogP contribution in [0.3, 0.4) is 0 Å². The Bertz CT molecular complexity index is 771. The molecule has 0 aromatic carbocycles. The zero-order valence-electron chi connectivity index (χ0n) is 11.7. The molecule has 7 heteroatoms. The average Bonchev–Trinajstić information content (AvgIpc) is 3.19. The third-order valence-corrected chi connectivity index (χ3v) is 4.52. The molecule has 0 radical (unpaired) electrons. The van der Waals surface area contributed by atoms with E-state index in [1.807, 2.05) is 19.1 Å². The van der Waals surface area contributed by atoms with Gasteiger partial charge in [0.1, 0.15) is 10.0 Å². The molecule has 22 heavy (non-hydrogen) atoms. The van der Waals surface area contributed by atoms with Crippen LogP contribution in [-0.4, -0.2) is 22.4 Å². The summed E-state index contributed by atoms with van der Waals surface area (Å²) < 4.78 is 5.17. The van der Waals surface area contributed by atoms with Crippen molar-refractivity contribution in [3.8, 4) is 10.6 Å². The van der Waals surface area contributed by atoms with Gasteiger partial charge in [0.05, 0.1) is 6.26 Å². The predicted molar refractivity (Wildman–Crippen MR) is 86.4 cm³/mol.